The highest BCUT2D eigenvalue weighted by Gasteiger charge is 2.23. The quantitative estimate of drug-likeness (QED) is 0.330. The van der Waals surface area contributed by atoms with Crippen molar-refractivity contribution in [3.8, 4) is 6.57 Å². The zero-order valence-electron chi connectivity index (χ0n) is 14.5. The maximum atomic E-state index is 5.97. The number of nitrogens with two attached hydrogens (primary N) is 1. The van der Waals surface area contributed by atoms with Crippen molar-refractivity contribution in [3.63, 3.8) is 0 Å². The van der Waals surface area contributed by atoms with Crippen molar-refractivity contribution in [3.05, 3.63) is 64.4 Å². The molecule has 2 rings (SSSR count). The van der Waals surface area contributed by atoms with Gasteiger partial charge in [-0.3, -0.25) is 4.99 Å². The minimum absolute atomic E-state index is 0.441. The lowest BCUT2D eigenvalue weighted by Crippen LogP contribution is -2.10. The molecule has 0 spiro atoms. The molecule has 0 saturated heterocycles. The topological polar surface area (TPSA) is 52.0 Å². The second-order valence-electron chi connectivity index (χ2n) is 5.30. The summed E-state index contributed by atoms with van der Waals surface area (Å²) >= 11 is 1.54. The van der Waals surface area contributed by atoms with Gasteiger partial charge < -0.3 is 10.5 Å². The third-order valence-electron chi connectivity index (χ3n) is 3.70. The molecule has 4 nitrogen and oxygen atoms in total. The molecule has 128 valence electrons. The van der Waals surface area contributed by atoms with Gasteiger partial charge in [0, 0.05) is 18.9 Å². The summed E-state index contributed by atoms with van der Waals surface area (Å²) in [7, 11) is 3.33. The average Bonchev–Trinajstić information content (AvgIpc) is 3.01. The van der Waals surface area contributed by atoms with Crippen molar-refractivity contribution in [2.45, 2.75) is 6.42 Å². The molecule has 25 heavy (non-hydrogen) atoms. The van der Waals surface area contributed by atoms with E-state index in [-0.39, 0.29) is 0 Å². The molecule has 0 amide bonds. The molecule has 0 fully saturated rings. The first kappa shape index (κ1) is 18.7. The summed E-state index contributed by atoms with van der Waals surface area (Å²) in [6.45, 7) is 10.0. The first-order chi connectivity index (χ1) is 12.2. The van der Waals surface area contributed by atoms with Gasteiger partial charge in [-0.15, -0.1) is 17.9 Å². The number of aliphatic imine (C=N–C) groups is 1. The van der Waals surface area contributed by atoms with E-state index in [0.29, 0.717) is 18.1 Å². The molecule has 0 aliphatic rings. The molecular formula is C20H22N3OS+. The third kappa shape index (κ3) is 4.24. The number of methoxy groups -OCH3 is 1. The normalized spacial score (nSPS) is 12.7. The van der Waals surface area contributed by atoms with Crippen LogP contribution in [0.3, 0.4) is 0 Å². The molecule has 0 aliphatic heterocycles. The first-order valence-electron chi connectivity index (χ1n) is 7.82. The highest BCUT2D eigenvalue weighted by atomic mass is 32.1. The number of benzene rings is 1. The number of hydrogen-bond acceptors (Lipinski definition) is 3. The van der Waals surface area contributed by atoms with Gasteiger partial charge in [-0.1, -0.05) is 30.4 Å². The third-order valence-corrected chi connectivity index (χ3v) is 4.86. The van der Waals surface area contributed by atoms with E-state index in [1.807, 2.05) is 24.3 Å². The van der Waals surface area contributed by atoms with Crippen LogP contribution in [0, 0.1) is 6.57 Å². The molecule has 1 aromatic carbocycles. The van der Waals surface area contributed by atoms with Crippen molar-refractivity contribution in [1.29, 1.82) is 0 Å². The Kier molecular flexibility index (Phi) is 6.70. The molecular weight excluding hydrogens is 330 g/mol. The predicted octanol–water partition coefficient (Wildman–Crippen LogP) is 4.99. The van der Waals surface area contributed by atoms with E-state index >= 15 is 0 Å². The van der Waals surface area contributed by atoms with Gasteiger partial charge in [-0.25, -0.2) is 0 Å². The van der Waals surface area contributed by atoms with Gasteiger partial charge in [-0.2, -0.15) is 0 Å². The van der Waals surface area contributed by atoms with Gasteiger partial charge in [0.25, 0.3) is 6.57 Å². The summed E-state index contributed by atoms with van der Waals surface area (Å²) in [5.74, 6) is 0.441. The van der Waals surface area contributed by atoms with Crippen LogP contribution in [0.15, 0.2) is 54.1 Å². The van der Waals surface area contributed by atoms with Crippen LogP contribution in [0.5, 0.6) is 0 Å². The van der Waals surface area contributed by atoms with E-state index in [1.165, 1.54) is 5.57 Å². The van der Waals surface area contributed by atoms with Crippen molar-refractivity contribution in [1.82, 2.24) is 0 Å². The fourth-order valence-corrected chi connectivity index (χ4v) is 3.60. The maximum Gasteiger partial charge on any atom is 0.369 e. The van der Waals surface area contributed by atoms with Gasteiger partial charge in [-0.05, 0) is 34.5 Å². The van der Waals surface area contributed by atoms with Crippen LogP contribution < -0.4 is 5.73 Å². The highest BCUT2D eigenvalue weighted by Crippen LogP contribution is 2.39. The smallest absolute Gasteiger partial charge is 0.369 e. The summed E-state index contributed by atoms with van der Waals surface area (Å²) in [5.41, 5.74) is 8.95. The lowest BCUT2D eigenvalue weighted by molar-refractivity contribution is 0.234. The standard InChI is InChI=1S/C20H22N3OS/c1-5-8-14(9-6-7-12-24-4)15-10-11-16-17(13-15)25-19(18(16)22-2)20(21)23-3/h2,5-7,9-11,13H,1,8,12H2,3-4H3,(H2,21,23)/q+1. The minimum atomic E-state index is 0.441. The fraction of sp³-hybridized carbons (Fsp3) is 0.200. The summed E-state index contributed by atoms with van der Waals surface area (Å²) < 4.78 is 6.10. The molecule has 2 aromatic rings. The van der Waals surface area contributed by atoms with Crippen molar-refractivity contribution in [2.75, 3.05) is 20.8 Å². The molecule has 1 aromatic heterocycles. The molecule has 2 N–H and O–H groups in total. The molecule has 0 aliphatic carbocycles. The molecule has 0 atom stereocenters. The average molecular weight is 352 g/mol. The van der Waals surface area contributed by atoms with Crippen LogP contribution in [0.2, 0.25) is 0 Å². The van der Waals surface area contributed by atoms with E-state index < -0.39 is 0 Å². The monoisotopic (exact) mass is 352 g/mol. The van der Waals surface area contributed by atoms with E-state index in [9.17, 15) is 0 Å². The second-order valence-corrected chi connectivity index (χ2v) is 6.35. The lowest BCUT2D eigenvalue weighted by atomic mass is 10.0. The van der Waals surface area contributed by atoms with Crippen LogP contribution in [0.4, 0.5) is 5.69 Å². The summed E-state index contributed by atoms with van der Waals surface area (Å²) in [6, 6.07) is 6.21. The van der Waals surface area contributed by atoms with E-state index in [4.69, 9.17) is 17.0 Å². The minimum Gasteiger partial charge on any atom is -0.383 e. The van der Waals surface area contributed by atoms with Gasteiger partial charge in [0.05, 0.1) is 12.0 Å². The lowest BCUT2D eigenvalue weighted by Gasteiger charge is -2.04. The summed E-state index contributed by atoms with van der Waals surface area (Å²) in [5, 5.41) is 0.978. The highest BCUT2D eigenvalue weighted by molar-refractivity contribution is 7.21. The Morgan fingerprint density at radius 1 is 1.48 bits per heavy atom. The Bertz CT molecular complexity index is 898. The van der Waals surface area contributed by atoms with Gasteiger partial charge >= 0.3 is 5.69 Å². The fourth-order valence-electron chi connectivity index (χ4n) is 2.46. The Hall–Kier alpha value is -2.68. The number of nitrogens with zero attached hydrogens (tertiary/aromatic N) is 2. The van der Waals surface area contributed by atoms with E-state index in [2.05, 4.69) is 34.6 Å². The SMILES string of the molecule is C#[N+]c1c(C(N)=NC)sc2cc(C(=CC=CCOC)CC=C)ccc12. The van der Waals surface area contributed by atoms with Crippen molar-refractivity contribution < 1.29 is 4.74 Å². The summed E-state index contributed by atoms with van der Waals surface area (Å²) in [4.78, 5) is 8.75. The maximum absolute atomic E-state index is 5.97. The first-order valence-corrected chi connectivity index (χ1v) is 8.63. The predicted molar refractivity (Wildman–Crippen MR) is 110 cm³/mol. The van der Waals surface area contributed by atoms with E-state index in [1.54, 1.807) is 25.5 Å². The van der Waals surface area contributed by atoms with Gasteiger partial charge in [0.1, 0.15) is 5.84 Å². The number of rotatable bonds is 7. The molecule has 0 unspecified atom stereocenters. The molecule has 0 saturated carbocycles. The number of hydrogen-bond donors (Lipinski definition) is 1. The van der Waals surface area contributed by atoms with Crippen LogP contribution >= 0.6 is 11.3 Å². The zero-order chi connectivity index (χ0) is 18.2. The van der Waals surface area contributed by atoms with E-state index in [0.717, 1.165) is 26.9 Å². The Morgan fingerprint density at radius 2 is 2.28 bits per heavy atom. The number of allylic oxidation sites excluding steroid dienone is 4. The molecule has 0 bridgehead atoms. The zero-order valence-corrected chi connectivity index (χ0v) is 15.3. The Morgan fingerprint density at radius 3 is 2.92 bits per heavy atom. The van der Waals surface area contributed by atoms with Gasteiger partial charge in [0.2, 0.25) is 0 Å². The van der Waals surface area contributed by atoms with Crippen LogP contribution in [0.25, 0.3) is 20.5 Å². The van der Waals surface area contributed by atoms with Crippen LogP contribution in [-0.4, -0.2) is 26.6 Å². The number of ether oxygens (including phenoxy) is 1. The molecule has 5 heteroatoms. The van der Waals surface area contributed by atoms with Gasteiger partial charge in [0.15, 0.2) is 4.88 Å². The number of fused-ring (bicyclic) bond motifs is 1. The summed E-state index contributed by atoms with van der Waals surface area (Å²) in [6.07, 6.45) is 8.70. The van der Waals surface area contributed by atoms with Crippen molar-refractivity contribution in [2.24, 2.45) is 10.7 Å². The van der Waals surface area contributed by atoms with Crippen molar-refractivity contribution >= 4 is 38.5 Å². The number of thiophene rings is 1. The van der Waals surface area contributed by atoms with Crippen LogP contribution in [0.1, 0.15) is 16.9 Å². The van der Waals surface area contributed by atoms with Crippen LogP contribution in [-0.2, 0) is 4.74 Å². The molecule has 1 heterocycles. The Balaban J connectivity index is 2.52. The molecule has 0 radical (unpaired) electrons. The Labute approximate surface area is 152 Å². The number of amidine groups is 1. The largest absolute Gasteiger partial charge is 0.383 e. The second kappa shape index (κ2) is 8.97.